The second-order valence-corrected chi connectivity index (χ2v) is 7.21. The first-order valence-electron chi connectivity index (χ1n) is 9.16. The lowest BCUT2D eigenvalue weighted by atomic mass is 9.95. The fourth-order valence-corrected chi connectivity index (χ4v) is 3.75. The predicted octanol–water partition coefficient (Wildman–Crippen LogP) is 5.47. The molecule has 0 N–H and O–H groups in total. The first-order chi connectivity index (χ1) is 11.7. The lowest BCUT2D eigenvalue weighted by Gasteiger charge is -2.32. The molecule has 3 nitrogen and oxygen atoms in total. The molecule has 0 atom stereocenters. The van der Waals surface area contributed by atoms with Gasteiger partial charge in [0.05, 0.1) is 0 Å². The van der Waals surface area contributed by atoms with E-state index in [1.807, 2.05) is 0 Å². The first-order valence-corrected chi connectivity index (χ1v) is 9.16. The Morgan fingerprint density at radius 3 is 2.54 bits per heavy atom. The van der Waals surface area contributed by atoms with Gasteiger partial charge < -0.3 is 4.90 Å². The molecule has 4 rings (SSSR count). The Kier molecular flexibility index (Phi) is 4.09. The lowest BCUT2D eigenvalue weighted by Crippen LogP contribution is -2.35. The number of hydrogen-bond donors (Lipinski definition) is 0. The van der Waals surface area contributed by atoms with Crippen molar-refractivity contribution in [3.05, 3.63) is 53.4 Å². The molecule has 0 bridgehead atoms. The molecule has 0 saturated carbocycles. The summed E-state index contributed by atoms with van der Waals surface area (Å²) in [4.78, 5) is 12.2. The summed E-state index contributed by atoms with van der Waals surface area (Å²) in [5, 5.41) is 0. The Labute approximate surface area is 144 Å². The SMILES string of the molecule is CC(C)C1=NC2=NC3=C(CCCCC3)CC2=CN1c1ccccc1. The number of rotatable bonds is 2. The predicted molar refractivity (Wildman–Crippen MR) is 101 cm³/mol. The molecular weight excluding hydrogens is 294 g/mol. The van der Waals surface area contributed by atoms with E-state index in [-0.39, 0.29) is 0 Å². The summed E-state index contributed by atoms with van der Waals surface area (Å²) in [7, 11) is 0. The molecule has 0 aromatic heterocycles. The number of allylic oxidation sites excluding steroid dienone is 2. The average molecular weight is 319 g/mol. The van der Waals surface area contributed by atoms with Crippen LogP contribution in [0.25, 0.3) is 0 Å². The van der Waals surface area contributed by atoms with Gasteiger partial charge in [0.2, 0.25) is 0 Å². The molecule has 1 aromatic carbocycles. The van der Waals surface area contributed by atoms with Gasteiger partial charge in [-0.15, -0.1) is 0 Å². The van der Waals surface area contributed by atoms with Gasteiger partial charge in [-0.05, 0) is 43.4 Å². The molecule has 3 aliphatic rings. The van der Waals surface area contributed by atoms with Gasteiger partial charge in [-0.1, -0.05) is 38.5 Å². The standard InChI is InChI=1S/C21H25N3/c1-15(2)21-23-20-17(14-24(21)18-10-6-4-7-11-18)13-16-9-5-3-8-12-19(16)22-20/h4,6-7,10-11,14-15H,3,5,8-9,12-13H2,1-2H3. The Morgan fingerprint density at radius 2 is 1.75 bits per heavy atom. The maximum absolute atomic E-state index is 4.97. The van der Waals surface area contributed by atoms with Gasteiger partial charge >= 0.3 is 0 Å². The highest BCUT2D eigenvalue weighted by Crippen LogP contribution is 2.36. The van der Waals surface area contributed by atoms with Crippen molar-refractivity contribution in [1.82, 2.24) is 0 Å². The Balaban J connectivity index is 1.75. The van der Waals surface area contributed by atoms with Crippen molar-refractivity contribution in [1.29, 1.82) is 0 Å². The van der Waals surface area contributed by atoms with Crippen molar-refractivity contribution in [3.63, 3.8) is 0 Å². The van der Waals surface area contributed by atoms with E-state index in [1.54, 1.807) is 5.57 Å². The molecule has 1 aliphatic carbocycles. The molecule has 0 unspecified atom stereocenters. The van der Waals surface area contributed by atoms with Crippen LogP contribution >= 0.6 is 0 Å². The molecule has 0 spiro atoms. The molecule has 0 amide bonds. The van der Waals surface area contributed by atoms with Gasteiger partial charge in [-0.3, -0.25) is 0 Å². The summed E-state index contributed by atoms with van der Waals surface area (Å²) in [5.41, 5.74) is 5.31. The summed E-state index contributed by atoms with van der Waals surface area (Å²) < 4.78 is 0. The third kappa shape index (κ3) is 2.83. The van der Waals surface area contributed by atoms with Crippen LogP contribution in [0.2, 0.25) is 0 Å². The number of anilines is 1. The summed E-state index contributed by atoms with van der Waals surface area (Å²) in [6, 6.07) is 10.5. The summed E-state index contributed by atoms with van der Waals surface area (Å²) in [6.07, 6.45) is 9.52. The lowest BCUT2D eigenvalue weighted by molar-refractivity contribution is 0.704. The van der Waals surface area contributed by atoms with Crippen molar-refractivity contribution in [3.8, 4) is 0 Å². The number of aliphatic imine (C=N–C) groups is 2. The number of nitrogens with zero attached hydrogens (tertiary/aromatic N) is 3. The van der Waals surface area contributed by atoms with E-state index in [9.17, 15) is 0 Å². The van der Waals surface area contributed by atoms with Crippen molar-refractivity contribution in [2.24, 2.45) is 15.9 Å². The fraction of sp³-hybridized carbons (Fsp3) is 0.429. The van der Waals surface area contributed by atoms with E-state index in [0.29, 0.717) is 5.92 Å². The first kappa shape index (κ1) is 15.4. The highest BCUT2D eigenvalue weighted by atomic mass is 15.2. The van der Waals surface area contributed by atoms with Gasteiger partial charge in [-0.2, -0.15) is 0 Å². The molecule has 3 heteroatoms. The molecule has 24 heavy (non-hydrogen) atoms. The number of para-hydroxylation sites is 1. The topological polar surface area (TPSA) is 28.0 Å². The van der Waals surface area contributed by atoms with Crippen LogP contribution in [0.3, 0.4) is 0 Å². The molecule has 0 fully saturated rings. The van der Waals surface area contributed by atoms with Crippen molar-refractivity contribution < 1.29 is 0 Å². The molecule has 1 aromatic rings. The van der Waals surface area contributed by atoms with Crippen LogP contribution in [0.5, 0.6) is 0 Å². The Morgan fingerprint density at radius 1 is 0.958 bits per heavy atom. The average Bonchev–Trinajstić information content (AvgIpc) is 2.84. The minimum absolute atomic E-state index is 0.357. The molecular formula is C21H25N3. The highest BCUT2D eigenvalue weighted by molar-refractivity contribution is 6.16. The van der Waals surface area contributed by atoms with Crippen LogP contribution in [-0.4, -0.2) is 11.7 Å². The van der Waals surface area contributed by atoms with E-state index in [2.05, 4.69) is 55.3 Å². The quantitative estimate of drug-likeness (QED) is 0.711. The molecule has 0 radical (unpaired) electrons. The zero-order valence-corrected chi connectivity index (χ0v) is 14.6. The van der Waals surface area contributed by atoms with E-state index < -0.39 is 0 Å². The van der Waals surface area contributed by atoms with E-state index >= 15 is 0 Å². The van der Waals surface area contributed by atoms with Gasteiger partial charge in [0.25, 0.3) is 0 Å². The van der Waals surface area contributed by atoms with Crippen LogP contribution < -0.4 is 4.90 Å². The van der Waals surface area contributed by atoms with Gasteiger partial charge in [0.15, 0.2) is 5.84 Å². The van der Waals surface area contributed by atoms with Crippen LogP contribution in [0.15, 0.2) is 63.4 Å². The number of fused-ring (bicyclic) bond motifs is 1. The van der Waals surface area contributed by atoms with Gasteiger partial charge in [0.1, 0.15) is 5.84 Å². The highest BCUT2D eigenvalue weighted by Gasteiger charge is 2.27. The zero-order chi connectivity index (χ0) is 16.5. The van der Waals surface area contributed by atoms with Crippen molar-refractivity contribution in [2.45, 2.75) is 52.4 Å². The van der Waals surface area contributed by atoms with Crippen LogP contribution in [0, 0.1) is 5.92 Å². The Bertz CT molecular complexity index is 751. The summed E-state index contributed by atoms with van der Waals surface area (Å²) in [5.74, 6) is 2.39. The normalized spacial score (nSPS) is 20.8. The summed E-state index contributed by atoms with van der Waals surface area (Å²) in [6.45, 7) is 4.40. The third-order valence-electron chi connectivity index (χ3n) is 5.04. The Hall–Kier alpha value is -2.16. The van der Waals surface area contributed by atoms with Gasteiger partial charge in [-0.25, -0.2) is 9.98 Å². The smallest absolute Gasteiger partial charge is 0.159 e. The van der Waals surface area contributed by atoms with E-state index in [4.69, 9.17) is 9.98 Å². The van der Waals surface area contributed by atoms with E-state index in [0.717, 1.165) is 24.5 Å². The number of benzene rings is 1. The maximum atomic E-state index is 4.97. The third-order valence-corrected chi connectivity index (χ3v) is 5.04. The van der Waals surface area contributed by atoms with Crippen molar-refractivity contribution in [2.75, 3.05) is 4.90 Å². The second-order valence-electron chi connectivity index (χ2n) is 7.21. The number of amidine groups is 2. The largest absolute Gasteiger partial charge is 0.305 e. The molecule has 2 heterocycles. The minimum atomic E-state index is 0.357. The van der Waals surface area contributed by atoms with Crippen molar-refractivity contribution >= 4 is 17.4 Å². The monoisotopic (exact) mass is 319 g/mol. The number of hydrogen-bond acceptors (Lipinski definition) is 3. The second kappa shape index (κ2) is 6.39. The van der Waals surface area contributed by atoms with Crippen LogP contribution in [-0.2, 0) is 0 Å². The van der Waals surface area contributed by atoms with Gasteiger partial charge in [0, 0.05) is 35.5 Å². The zero-order valence-electron chi connectivity index (χ0n) is 14.6. The van der Waals surface area contributed by atoms with Crippen LogP contribution in [0.4, 0.5) is 5.69 Å². The molecule has 124 valence electrons. The summed E-state index contributed by atoms with van der Waals surface area (Å²) >= 11 is 0. The van der Waals surface area contributed by atoms with Crippen LogP contribution in [0.1, 0.15) is 52.4 Å². The molecule has 2 aliphatic heterocycles. The minimum Gasteiger partial charge on any atom is -0.305 e. The van der Waals surface area contributed by atoms with E-state index in [1.165, 1.54) is 42.6 Å². The fourth-order valence-electron chi connectivity index (χ4n) is 3.75. The molecule has 0 saturated heterocycles. The maximum Gasteiger partial charge on any atom is 0.159 e.